The van der Waals surface area contributed by atoms with Gasteiger partial charge in [-0.05, 0) is 55.1 Å². The lowest BCUT2D eigenvalue weighted by molar-refractivity contribution is -0.113. The zero-order valence-electron chi connectivity index (χ0n) is 18.1. The summed E-state index contributed by atoms with van der Waals surface area (Å²) in [6.45, 7) is 4.05. The van der Waals surface area contributed by atoms with Gasteiger partial charge in [-0.15, -0.1) is 21.5 Å². The van der Waals surface area contributed by atoms with Crippen molar-refractivity contribution in [2.45, 2.75) is 23.9 Å². The number of nitrogens with two attached hydrogens (primary N) is 1. The van der Waals surface area contributed by atoms with Crippen LogP contribution in [0.1, 0.15) is 11.1 Å². The number of rotatable bonds is 7. The Morgan fingerprint density at radius 3 is 2.62 bits per heavy atom. The third kappa shape index (κ3) is 5.34. The number of sulfonamides is 1. The van der Waals surface area contributed by atoms with Crippen LogP contribution in [0.5, 0.6) is 0 Å². The Morgan fingerprint density at radius 2 is 1.97 bits per heavy atom. The van der Waals surface area contributed by atoms with Crippen molar-refractivity contribution in [1.29, 1.82) is 0 Å². The molecule has 2 heterocycles. The number of hydrogen-bond acceptors (Lipinski definition) is 7. The van der Waals surface area contributed by atoms with Crippen LogP contribution in [0.15, 0.2) is 64.0 Å². The van der Waals surface area contributed by atoms with E-state index < -0.39 is 10.0 Å². The fraction of sp³-hybridized carbons (Fsp3) is 0.136. The Labute approximate surface area is 210 Å². The molecule has 8 nitrogen and oxygen atoms in total. The molecule has 0 unspecified atom stereocenters. The van der Waals surface area contributed by atoms with E-state index in [4.69, 9.17) is 16.7 Å². The molecule has 0 atom stereocenters. The Kier molecular flexibility index (Phi) is 7.10. The summed E-state index contributed by atoms with van der Waals surface area (Å²) in [7, 11) is -3.89. The molecule has 176 valence electrons. The zero-order valence-corrected chi connectivity index (χ0v) is 21.4. The third-order valence-electron chi connectivity index (χ3n) is 4.84. The summed E-state index contributed by atoms with van der Waals surface area (Å²) in [5, 5.41) is 19.2. The zero-order chi connectivity index (χ0) is 24.5. The first kappa shape index (κ1) is 24.4. The van der Waals surface area contributed by atoms with Crippen LogP contribution in [-0.4, -0.2) is 34.8 Å². The van der Waals surface area contributed by atoms with Gasteiger partial charge in [-0.1, -0.05) is 47.1 Å². The number of halogens is 1. The second-order valence-corrected chi connectivity index (χ2v) is 11.3. The number of carbonyl (C=O) groups is 1. The van der Waals surface area contributed by atoms with Gasteiger partial charge >= 0.3 is 0 Å². The van der Waals surface area contributed by atoms with Gasteiger partial charge in [0, 0.05) is 0 Å². The first-order chi connectivity index (χ1) is 16.1. The highest BCUT2D eigenvalue weighted by molar-refractivity contribution is 7.99. The maximum absolute atomic E-state index is 12.6. The van der Waals surface area contributed by atoms with Crippen molar-refractivity contribution in [1.82, 2.24) is 14.8 Å². The standard InChI is InChI=1S/C22H20ClN5O3S3/c1-13-5-8-18(14(2)10-13)28-21(19-4-3-9-32-19)26-27-22(28)33-12-20(29)25-17-7-6-15(11-16(17)23)34(24,30)31/h3-11H,12H2,1-2H3,(H,25,29)(H2,24,30,31). The van der Waals surface area contributed by atoms with Crippen molar-refractivity contribution in [2.24, 2.45) is 5.14 Å². The summed E-state index contributed by atoms with van der Waals surface area (Å²) in [6.07, 6.45) is 0. The number of anilines is 1. The first-order valence-electron chi connectivity index (χ1n) is 9.95. The number of thioether (sulfide) groups is 1. The first-order valence-corrected chi connectivity index (χ1v) is 13.7. The van der Waals surface area contributed by atoms with E-state index >= 15 is 0 Å². The molecule has 12 heteroatoms. The predicted octanol–water partition coefficient (Wildman–Crippen LogP) is 4.64. The molecule has 2 aromatic heterocycles. The molecule has 2 aromatic carbocycles. The van der Waals surface area contributed by atoms with Crippen LogP contribution >= 0.6 is 34.7 Å². The average Bonchev–Trinajstić information content (AvgIpc) is 3.43. The van der Waals surface area contributed by atoms with Crippen LogP contribution in [0.4, 0.5) is 5.69 Å². The van der Waals surface area contributed by atoms with E-state index in [0.717, 1.165) is 21.7 Å². The highest BCUT2D eigenvalue weighted by Crippen LogP contribution is 2.32. The monoisotopic (exact) mass is 533 g/mol. The minimum Gasteiger partial charge on any atom is -0.324 e. The number of benzene rings is 2. The number of nitrogens with one attached hydrogen (secondary N) is 1. The molecule has 0 aliphatic carbocycles. The van der Waals surface area contributed by atoms with Crippen molar-refractivity contribution >= 4 is 56.3 Å². The molecular weight excluding hydrogens is 514 g/mol. The summed E-state index contributed by atoms with van der Waals surface area (Å²) >= 11 is 8.92. The van der Waals surface area contributed by atoms with Gasteiger partial charge in [0.05, 0.1) is 31.9 Å². The summed E-state index contributed by atoms with van der Waals surface area (Å²) < 4.78 is 24.9. The fourth-order valence-corrected chi connectivity index (χ4v) is 5.57. The predicted molar refractivity (Wildman–Crippen MR) is 136 cm³/mol. The largest absolute Gasteiger partial charge is 0.324 e. The van der Waals surface area contributed by atoms with Crippen molar-refractivity contribution < 1.29 is 13.2 Å². The number of carbonyl (C=O) groups excluding carboxylic acids is 1. The van der Waals surface area contributed by atoms with E-state index in [-0.39, 0.29) is 27.3 Å². The van der Waals surface area contributed by atoms with Crippen LogP contribution in [0.3, 0.4) is 0 Å². The molecule has 0 fully saturated rings. The molecule has 0 radical (unpaired) electrons. The van der Waals surface area contributed by atoms with Crippen LogP contribution in [0, 0.1) is 13.8 Å². The minimum absolute atomic E-state index is 0.0424. The Hall–Kier alpha value is -2.70. The number of hydrogen-bond donors (Lipinski definition) is 2. The third-order valence-corrected chi connectivity index (χ3v) is 7.86. The van der Waals surface area contributed by atoms with Gasteiger partial charge < -0.3 is 5.32 Å². The maximum atomic E-state index is 12.6. The molecule has 0 spiro atoms. The van der Waals surface area contributed by atoms with E-state index in [1.807, 2.05) is 48.1 Å². The van der Waals surface area contributed by atoms with Crippen molar-refractivity contribution in [3.63, 3.8) is 0 Å². The van der Waals surface area contributed by atoms with E-state index in [9.17, 15) is 13.2 Å². The Balaban J connectivity index is 1.57. The molecule has 0 aliphatic rings. The summed E-state index contributed by atoms with van der Waals surface area (Å²) in [5.41, 5.74) is 3.43. The van der Waals surface area contributed by atoms with Gasteiger partial charge in [0.2, 0.25) is 15.9 Å². The van der Waals surface area contributed by atoms with Crippen molar-refractivity contribution in [3.8, 4) is 16.4 Å². The molecule has 34 heavy (non-hydrogen) atoms. The molecule has 0 saturated carbocycles. The van der Waals surface area contributed by atoms with Crippen LogP contribution in [0.2, 0.25) is 5.02 Å². The van der Waals surface area contributed by atoms with Crippen LogP contribution < -0.4 is 10.5 Å². The van der Waals surface area contributed by atoms with E-state index in [1.165, 1.54) is 30.0 Å². The van der Waals surface area contributed by atoms with Gasteiger partial charge in [-0.25, -0.2) is 13.6 Å². The number of amides is 1. The second-order valence-electron chi connectivity index (χ2n) is 7.43. The lowest BCUT2D eigenvalue weighted by Gasteiger charge is -2.13. The lowest BCUT2D eigenvalue weighted by Crippen LogP contribution is -2.16. The SMILES string of the molecule is Cc1ccc(-n2c(SCC(=O)Nc3ccc(S(N)(=O)=O)cc3Cl)nnc2-c2cccs2)c(C)c1. The molecule has 0 bridgehead atoms. The normalized spacial score (nSPS) is 11.5. The Morgan fingerprint density at radius 1 is 1.18 bits per heavy atom. The van der Waals surface area contributed by atoms with E-state index in [1.54, 1.807) is 11.3 Å². The summed E-state index contributed by atoms with van der Waals surface area (Å²) in [5.74, 6) is 0.412. The molecule has 3 N–H and O–H groups in total. The highest BCUT2D eigenvalue weighted by Gasteiger charge is 2.20. The number of aryl methyl sites for hydroxylation is 2. The smallest absolute Gasteiger partial charge is 0.238 e. The topological polar surface area (TPSA) is 120 Å². The number of aromatic nitrogens is 3. The van der Waals surface area contributed by atoms with E-state index in [0.29, 0.717) is 11.0 Å². The van der Waals surface area contributed by atoms with Gasteiger partial charge in [0.15, 0.2) is 11.0 Å². The average molecular weight is 534 g/mol. The van der Waals surface area contributed by atoms with Crippen LogP contribution in [-0.2, 0) is 14.8 Å². The molecule has 4 aromatic rings. The number of primary sulfonamides is 1. The molecule has 1 amide bonds. The molecule has 0 aliphatic heterocycles. The summed E-state index contributed by atoms with van der Waals surface area (Å²) in [4.78, 5) is 13.5. The number of nitrogens with zero attached hydrogens (tertiary/aromatic N) is 3. The highest BCUT2D eigenvalue weighted by atomic mass is 35.5. The maximum Gasteiger partial charge on any atom is 0.238 e. The van der Waals surface area contributed by atoms with Crippen LogP contribution in [0.25, 0.3) is 16.4 Å². The second kappa shape index (κ2) is 9.88. The summed E-state index contributed by atoms with van der Waals surface area (Å²) in [6, 6.07) is 13.9. The number of thiophene rings is 1. The van der Waals surface area contributed by atoms with Gasteiger partial charge in [0.25, 0.3) is 0 Å². The fourth-order valence-electron chi connectivity index (χ4n) is 3.29. The molecular formula is C22H20ClN5O3S3. The lowest BCUT2D eigenvalue weighted by atomic mass is 10.1. The quantitative estimate of drug-likeness (QED) is 0.334. The van der Waals surface area contributed by atoms with Crippen molar-refractivity contribution in [3.05, 3.63) is 70.1 Å². The molecule has 0 saturated heterocycles. The van der Waals surface area contributed by atoms with Gasteiger partial charge in [0.1, 0.15) is 0 Å². The molecule has 4 rings (SSSR count). The van der Waals surface area contributed by atoms with Gasteiger partial charge in [-0.2, -0.15) is 0 Å². The van der Waals surface area contributed by atoms with Crippen molar-refractivity contribution in [2.75, 3.05) is 11.1 Å². The van der Waals surface area contributed by atoms with Gasteiger partial charge in [-0.3, -0.25) is 9.36 Å². The minimum atomic E-state index is -3.89. The Bertz CT molecular complexity index is 1470. The van der Waals surface area contributed by atoms with E-state index in [2.05, 4.69) is 21.6 Å².